The second kappa shape index (κ2) is 5.80. The maximum atomic E-state index is 13.0. The van der Waals surface area contributed by atoms with Crippen LogP contribution in [0.15, 0.2) is 18.2 Å². The van der Waals surface area contributed by atoms with Crippen molar-refractivity contribution < 1.29 is 9.50 Å². The molecule has 2 atom stereocenters. The summed E-state index contributed by atoms with van der Waals surface area (Å²) in [6.45, 7) is 0.613. The van der Waals surface area contributed by atoms with Gasteiger partial charge in [-0.25, -0.2) is 4.39 Å². The summed E-state index contributed by atoms with van der Waals surface area (Å²) in [6, 6.07) is 4.85. The molecule has 1 fully saturated rings. The van der Waals surface area contributed by atoms with Gasteiger partial charge >= 0.3 is 0 Å². The number of hydrogen-bond donors (Lipinski definition) is 2. The largest absolute Gasteiger partial charge is 0.392 e. The van der Waals surface area contributed by atoms with Crippen LogP contribution in [0.2, 0.25) is 5.02 Å². The number of nitrogens with one attached hydrogen (secondary N) is 1. The average molecular weight is 258 g/mol. The van der Waals surface area contributed by atoms with E-state index in [4.69, 9.17) is 11.6 Å². The smallest absolute Gasteiger partial charge is 0.141 e. The SMILES string of the molecule is O[C@@H]1CCCC[C@H]1NCc1ccc(F)c(Cl)c1. The maximum Gasteiger partial charge on any atom is 0.141 e. The van der Waals surface area contributed by atoms with Crippen LogP contribution in [0.3, 0.4) is 0 Å². The predicted molar refractivity (Wildman–Crippen MR) is 66.5 cm³/mol. The van der Waals surface area contributed by atoms with Crippen molar-refractivity contribution in [2.75, 3.05) is 0 Å². The summed E-state index contributed by atoms with van der Waals surface area (Å²) in [5.41, 5.74) is 0.939. The van der Waals surface area contributed by atoms with Crippen molar-refractivity contribution in [2.24, 2.45) is 0 Å². The van der Waals surface area contributed by atoms with E-state index >= 15 is 0 Å². The Hall–Kier alpha value is -0.640. The highest BCUT2D eigenvalue weighted by Crippen LogP contribution is 2.20. The van der Waals surface area contributed by atoms with E-state index in [1.807, 2.05) is 0 Å². The highest BCUT2D eigenvalue weighted by atomic mass is 35.5. The van der Waals surface area contributed by atoms with Gasteiger partial charge in [0, 0.05) is 12.6 Å². The Morgan fingerprint density at radius 2 is 2.12 bits per heavy atom. The zero-order chi connectivity index (χ0) is 12.3. The van der Waals surface area contributed by atoms with Crippen LogP contribution in [0, 0.1) is 5.82 Å². The average Bonchev–Trinajstić information content (AvgIpc) is 2.32. The van der Waals surface area contributed by atoms with E-state index in [1.165, 1.54) is 6.07 Å². The first kappa shape index (κ1) is 12.8. The van der Waals surface area contributed by atoms with Crippen LogP contribution in [0.5, 0.6) is 0 Å². The first-order valence-electron chi connectivity index (χ1n) is 6.02. The molecule has 0 amide bonds. The fourth-order valence-electron chi connectivity index (χ4n) is 2.25. The van der Waals surface area contributed by atoms with Crippen molar-refractivity contribution in [1.82, 2.24) is 5.32 Å². The van der Waals surface area contributed by atoms with Gasteiger partial charge in [0.25, 0.3) is 0 Å². The molecule has 1 aliphatic rings. The van der Waals surface area contributed by atoms with Crippen molar-refractivity contribution in [3.8, 4) is 0 Å². The molecule has 0 unspecified atom stereocenters. The molecule has 0 spiro atoms. The topological polar surface area (TPSA) is 32.3 Å². The van der Waals surface area contributed by atoms with Crippen molar-refractivity contribution in [3.05, 3.63) is 34.6 Å². The molecule has 1 saturated carbocycles. The third-order valence-electron chi connectivity index (χ3n) is 3.28. The standard InChI is InChI=1S/C13H17ClFNO/c14-10-7-9(5-6-11(10)15)8-16-12-3-1-2-4-13(12)17/h5-7,12-13,16-17H,1-4,8H2/t12-,13-/m1/s1. The van der Waals surface area contributed by atoms with Gasteiger partial charge in [-0.1, -0.05) is 30.5 Å². The van der Waals surface area contributed by atoms with Gasteiger partial charge < -0.3 is 10.4 Å². The highest BCUT2D eigenvalue weighted by molar-refractivity contribution is 6.30. The second-order valence-corrected chi connectivity index (χ2v) is 4.99. The van der Waals surface area contributed by atoms with E-state index in [1.54, 1.807) is 12.1 Å². The fraction of sp³-hybridized carbons (Fsp3) is 0.538. The minimum absolute atomic E-state index is 0.146. The van der Waals surface area contributed by atoms with E-state index in [0.717, 1.165) is 31.2 Å². The van der Waals surface area contributed by atoms with Crippen LogP contribution in [-0.4, -0.2) is 17.3 Å². The number of halogens is 2. The van der Waals surface area contributed by atoms with Gasteiger partial charge in [0.1, 0.15) is 5.82 Å². The summed E-state index contributed by atoms with van der Waals surface area (Å²) in [7, 11) is 0. The summed E-state index contributed by atoms with van der Waals surface area (Å²) >= 11 is 5.71. The molecule has 17 heavy (non-hydrogen) atoms. The number of aliphatic hydroxyl groups is 1. The van der Waals surface area contributed by atoms with Crippen molar-refractivity contribution in [2.45, 2.75) is 44.4 Å². The minimum atomic E-state index is -0.395. The third-order valence-corrected chi connectivity index (χ3v) is 3.57. The molecule has 0 heterocycles. The maximum absolute atomic E-state index is 13.0. The van der Waals surface area contributed by atoms with Crippen molar-refractivity contribution in [1.29, 1.82) is 0 Å². The van der Waals surface area contributed by atoms with E-state index in [0.29, 0.717) is 6.54 Å². The monoisotopic (exact) mass is 257 g/mol. The Labute approximate surface area is 106 Å². The molecule has 0 radical (unpaired) electrons. The first-order valence-corrected chi connectivity index (χ1v) is 6.40. The van der Waals surface area contributed by atoms with Gasteiger partial charge in [-0.05, 0) is 30.5 Å². The van der Waals surface area contributed by atoms with Crippen LogP contribution in [-0.2, 0) is 6.54 Å². The lowest BCUT2D eigenvalue weighted by Crippen LogP contribution is -2.41. The first-order chi connectivity index (χ1) is 8.16. The van der Waals surface area contributed by atoms with Crippen LogP contribution in [0.25, 0.3) is 0 Å². The molecule has 0 bridgehead atoms. The summed E-state index contributed by atoms with van der Waals surface area (Å²) < 4.78 is 13.0. The third kappa shape index (κ3) is 3.41. The van der Waals surface area contributed by atoms with Gasteiger partial charge in [0.2, 0.25) is 0 Å². The van der Waals surface area contributed by atoms with Crippen LogP contribution in [0.1, 0.15) is 31.2 Å². The van der Waals surface area contributed by atoms with Gasteiger partial charge in [-0.3, -0.25) is 0 Å². The molecule has 1 aromatic rings. The fourth-order valence-corrected chi connectivity index (χ4v) is 2.45. The Morgan fingerprint density at radius 1 is 1.35 bits per heavy atom. The van der Waals surface area contributed by atoms with Gasteiger partial charge in [0.15, 0.2) is 0 Å². The van der Waals surface area contributed by atoms with Crippen molar-refractivity contribution >= 4 is 11.6 Å². The zero-order valence-corrected chi connectivity index (χ0v) is 10.4. The molecule has 0 aliphatic heterocycles. The lowest BCUT2D eigenvalue weighted by Gasteiger charge is -2.28. The summed E-state index contributed by atoms with van der Waals surface area (Å²) in [6.07, 6.45) is 3.85. The lowest BCUT2D eigenvalue weighted by atomic mass is 9.92. The molecular weight excluding hydrogens is 241 g/mol. The predicted octanol–water partition coefficient (Wildman–Crippen LogP) is 2.87. The van der Waals surface area contributed by atoms with E-state index in [2.05, 4.69) is 5.32 Å². The molecule has 94 valence electrons. The van der Waals surface area contributed by atoms with Crippen LogP contribution >= 0.6 is 11.6 Å². The lowest BCUT2D eigenvalue weighted by molar-refractivity contribution is 0.0902. The van der Waals surface area contributed by atoms with E-state index in [-0.39, 0.29) is 17.2 Å². The molecule has 2 nitrogen and oxygen atoms in total. The Bertz CT molecular complexity index is 386. The summed E-state index contributed by atoms with van der Waals surface area (Å²) in [4.78, 5) is 0. The highest BCUT2D eigenvalue weighted by Gasteiger charge is 2.22. The van der Waals surface area contributed by atoms with E-state index < -0.39 is 5.82 Å². The molecule has 4 heteroatoms. The van der Waals surface area contributed by atoms with E-state index in [9.17, 15) is 9.50 Å². The Morgan fingerprint density at radius 3 is 2.82 bits per heavy atom. The number of benzene rings is 1. The van der Waals surface area contributed by atoms with Gasteiger partial charge in [0.05, 0.1) is 11.1 Å². The van der Waals surface area contributed by atoms with Crippen LogP contribution in [0.4, 0.5) is 4.39 Å². The molecule has 0 aromatic heterocycles. The summed E-state index contributed by atoms with van der Waals surface area (Å²) in [5.74, 6) is -0.395. The molecular formula is C13H17ClFNO. The normalized spacial score (nSPS) is 24.9. The Balaban J connectivity index is 1.90. The molecule has 0 saturated heterocycles. The van der Waals surface area contributed by atoms with Crippen LogP contribution < -0.4 is 5.32 Å². The quantitative estimate of drug-likeness (QED) is 0.873. The van der Waals surface area contributed by atoms with Crippen molar-refractivity contribution in [3.63, 3.8) is 0 Å². The summed E-state index contributed by atoms with van der Waals surface area (Å²) in [5, 5.41) is 13.2. The number of aliphatic hydroxyl groups excluding tert-OH is 1. The molecule has 2 rings (SSSR count). The molecule has 2 N–H and O–H groups in total. The molecule has 1 aromatic carbocycles. The number of rotatable bonds is 3. The van der Waals surface area contributed by atoms with Gasteiger partial charge in [-0.15, -0.1) is 0 Å². The molecule has 1 aliphatic carbocycles. The minimum Gasteiger partial charge on any atom is -0.392 e. The number of hydrogen-bond acceptors (Lipinski definition) is 2. The van der Waals surface area contributed by atoms with Gasteiger partial charge in [-0.2, -0.15) is 0 Å². The second-order valence-electron chi connectivity index (χ2n) is 4.59. The Kier molecular flexibility index (Phi) is 4.37. The zero-order valence-electron chi connectivity index (χ0n) is 9.63.